The maximum absolute atomic E-state index is 11.5. The first kappa shape index (κ1) is 14.9. The maximum Gasteiger partial charge on any atom is 0.161 e. The van der Waals surface area contributed by atoms with Gasteiger partial charge in [0.1, 0.15) is 0 Å². The van der Waals surface area contributed by atoms with E-state index in [1.165, 1.54) is 7.11 Å². The Balaban J connectivity index is 2.24. The number of aromatic hydroxyl groups is 1. The fraction of sp³-hybridized carbons (Fsp3) is 0.0500. The lowest BCUT2D eigenvalue weighted by Crippen LogP contribution is -1.93. The van der Waals surface area contributed by atoms with Crippen LogP contribution in [0.15, 0.2) is 66.7 Å². The summed E-state index contributed by atoms with van der Waals surface area (Å²) in [6.45, 7) is 0. The lowest BCUT2D eigenvalue weighted by atomic mass is 9.92. The van der Waals surface area contributed by atoms with Crippen LogP contribution < -0.4 is 4.74 Å². The molecule has 0 aliphatic carbocycles. The number of carbonyl (C=O) groups excluding carboxylic acids is 1. The summed E-state index contributed by atoms with van der Waals surface area (Å²) in [6.07, 6.45) is 0.777. The summed E-state index contributed by atoms with van der Waals surface area (Å²) in [7, 11) is 1.46. The minimum atomic E-state index is 0.0102. The number of benzene rings is 3. The van der Waals surface area contributed by atoms with Gasteiger partial charge in [0, 0.05) is 5.56 Å². The topological polar surface area (TPSA) is 46.5 Å². The quantitative estimate of drug-likeness (QED) is 0.719. The number of methoxy groups -OCH3 is 1. The van der Waals surface area contributed by atoms with Gasteiger partial charge in [-0.1, -0.05) is 54.6 Å². The SMILES string of the molecule is COc1cc(C=O)c(-c2ccccc2-c2ccccc2)cc1O. The van der Waals surface area contributed by atoms with Crippen LogP contribution in [0, 0.1) is 0 Å². The Bertz CT molecular complexity index is 839. The van der Waals surface area contributed by atoms with E-state index in [9.17, 15) is 9.90 Å². The summed E-state index contributed by atoms with van der Waals surface area (Å²) < 4.78 is 5.08. The van der Waals surface area contributed by atoms with E-state index in [2.05, 4.69) is 0 Å². The van der Waals surface area contributed by atoms with Gasteiger partial charge in [0.15, 0.2) is 17.8 Å². The van der Waals surface area contributed by atoms with Crippen LogP contribution in [0.1, 0.15) is 10.4 Å². The van der Waals surface area contributed by atoms with E-state index in [1.807, 2.05) is 54.6 Å². The molecule has 0 fully saturated rings. The summed E-state index contributed by atoms with van der Waals surface area (Å²) in [5.74, 6) is 0.295. The van der Waals surface area contributed by atoms with Crippen molar-refractivity contribution in [1.29, 1.82) is 0 Å². The van der Waals surface area contributed by atoms with Crippen molar-refractivity contribution < 1.29 is 14.6 Å². The van der Waals surface area contributed by atoms with Gasteiger partial charge in [-0.05, 0) is 34.4 Å². The molecule has 0 aromatic heterocycles. The molecule has 23 heavy (non-hydrogen) atoms. The number of hydrogen-bond acceptors (Lipinski definition) is 3. The minimum absolute atomic E-state index is 0.0102. The van der Waals surface area contributed by atoms with Crippen LogP contribution >= 0.6 is 0 Å². The number of aldehydes is 1. The third-order valence-electron chi connectivity index (χ3n) is 3.78. The largest absolute Gasteiger partial charge is 0.504 e. The van der Waals surface area contributed by atoms with Crippen LogP contribution in [0.25, 0.3) is 22.3 Å². The smallest absolute Gasteiger partial charge is 0.161 e. The number of rotatable bonds is 4. The van der Waals surface area contributed by atoms with E-state index >= 15 is 0 Å². The Hall–Kier alpha value is -3.07. The molecule has 0 aliphatic heterocycles. The first-order valence-corrected chi connectivity index (χ1v) is 7.25. The second kappa shape index (κ2) is 6.36. The van der Waals surface area contributed by atoms with Crippen molar-refractivity contribution in [2.45, 2.75) is 0 Å². The molecule has 0 bridgehead atoms. The highest BCUT2D eigenvalue weighted by Gasteiger charge is 2.14. The lowest BCUT2D eigenvalue weighted by molar-refractivity contribution is 0.112. The van der Waals surface area contributed by atoms with E-state index in [0.29, 0.717) is 11.1 Å². The van der Waals surface area contributed by atoms with Crippen molar-refractivity contribution in [3.63, 3.8) is 0 Å². The zero-order chi connectivity index (χ0) is 16.2. The van der Waals surface area contributed by atoms with E-state index in [-0.39, 0.29) is 11.5 Å². The summed E-state index contributed by atoms with van der Waals surface area (Å²) >= 11 is 0. The lowest BCUT2D eigenvalue weighted by Gasteiger charge is -2.14. The van der Waals surface area contributed by atoms with Crippen molar-refractivity contribution in [2.75, 3.05) is 7.11 Å². The van der Waals surface area contributed by atoms with Crippen LogP contribution in [0.3, 0.4) is 0 Å². The van der Waals surface area contributed by atoms with Crippen LogP contribution in [0.4, 0.5) is 0 Å². The third-order valence-corrected chi connectivity index (χ3v) is 3.78. The second-order valence-electron chi connectivity index (χ2n) is 5.14. The average molecular weight is 304 g/mol. The molecule has 0 unspecified atom stereocenters. The Morgan fingerprint density at radius 3 is 2.17 bits per heavy atom. The van der Waals surface area contributed by atoms with E-state index in [4.69, 9.17) is 4.74 Å². The molecular formula is C20H16O3. The van der Waals surface area contributed by atoms with Crippen LogP contribution in [0.2, 0.25) is 0 Å². The van der Waals surface area contributed by atoms with Gasteiger partial charge in [0.05, 0.1) is 7.11 Å². The number of phenols is 1. The molecule has 1 N–H and O–H groups in total. The highest BCUT2D eigenvalue weighted by Crippen LogP contribution is 2.38. The molecule has 0 heterocycles. The predicted octanol–water partition coefficient (Wildman–Crippen LogP) is 4.55. The van der Waals surface area contributed by atoms with Gasteiger partial charge in [-0.25, -0.2) is 0 Å². The molecule has 3 heteroatoms. The fourth-order valence-corrected chi connectivity index (χ4v) is 2.67. The standard InChI is InChI=1S/C20H16O3/c1-23-20-11-15(13-21)18(12-19(20)22)17-10-6-5-9-16(17)14-7-3-2-4-8-14/h2-13,22H,1H3. The van der Waals surface area contributed by atoms with Crippen molar-refractivity contribution in [3.05, 3.63) is 72.3 Å². The van der Waals surface area contributed by atoms with E-state index in [1.54, 1.807) is 12.1 Å². The minimum Gasteiger partial charge on any atom is -0.504 e. The Morgan fingerprint density at radius 2 is 1.52 bits per heavy atom. The van der Waals surface area contributed by atoms with Gasteiger partial charge in [-0.15, -0.1) is 0 Å². The molecule has 114 valence electrons. The summed E-state index contributed by atoms with van der Waals surface area (Å²) in [5.41, 5.74) is 4.09. The van der Waals surface area contributed by atoms with Crippen molar-refractivity contribution in [1.82, 2.24) is 0 Å². The molecule has 3 rings (SSSR count). The molecule has 0 aliphatic rings. The van der Waals surface area contributed by atoms with Gasteiger partial charge in [0.2, 0.25) is 0 Å². The Labute approximate surface area is 134 Å². The molecule has 0 saturated carbocycles. The highest BCUT2D eigenvalue weighted by atomic mass is 16.5. The predicted molar refractivity (Wildman–Crippen MR) is 90.9 cm³/mol. The normalized spacial score (nSPS) is 10.3. The summed E-state index contributed by atoms with van der Waals surface area (Å²) in [4.78, 5) is 11.5. The molecular weight excluding hydrogens is 288 g/mol. The second-order valence-corrected chi connectivity index (χ2v) is 5.14. The van der Waals surface area contributed by atoms with E-state index in [0.717, 1.165) is 23.0 Å². The van der Waals surface area contributed by atoms with Gasteiger partial charge < -0.3 is 9.84 Å². The third kappa shape index (κ3) is 2.81. The Kier molecular flexibility index (Phi) is 4.11. The molecule has 0 radical (unpaired) electrons. The molecule has 3 nitrogen and oxygen atoms in total. The monoisotopic (exact) mass is 304 g/mol. The van der Waals surface area contributed by atoms with Crippen LogP contribution in [0.5, 0.6) is 11.5 Å². The van der Waals surface area contributed by atoms with Crippen LogP contribution in [-0.4, -0.2) is 18.5 Å². The number of phenolic OH excluding ortho intramolecular Hbond substituents is 1. The zero-order valence-corrected chi connectivity index (χ0v) is 12.7. The zero-order valence-electron chi connectivity index (χ0n) is 12.7. The molecule has 3 aromatic carbocycles. The van der Waals surface area contributed by atoms with Gasteiger partial charge >= 0.3 is 0 Å². The number of carbonyl (C=O) groups is 1. The van der Waals surface area contributed by atoms with Gasteiger partial charge in [0.25, 0.3) is 0 Å². The first-order chi connectivity index (χ1) is 11.2. The van der Waals surface area contributed by atoms with Crippen LogP contribution in [-0.2, 0) is 0 Å². The number of ether oxygens (including phenoxy) is 1. The molecule has 0 saturated heterocycles. The first-order valence-electron chi connectivity index (χ1n) is 7.25. The van der Waals surface area contributed by atoms with Crippen molar-refractivity contribution in [3.8, 4) is 33.8 Å². The number of hydrogen-bond donors (Lipinski definition) is 1. The van der Waals surface area contributed by atoms with E-state index < -0.39 is 0 Å². The molecule has 0 atom stereocenters. The van der Waals surface area contributed by atoms with Gasteiger partial charge in [-0.2, -0.15) is 0 Å². The fourth-order valence-electron chi connectivity index (χ4n) is 2.67. The maximum atomic E-state index is 11.5. The highest BCUT2D eigenvalue weighted by molar-refractivity contribution is 5.94. The summed E-state index contributed by atoms with van der Waals surface area (Å²) in [6, 6.07) is 20.9. The van der Waals surface area contributed by atoms with Crippen molar-refractivity contribution in [2.24, 2.45) is 0 Å². The molecule has 0 amide bonds. The summed E-state index contributed by atoms with van der Waals surface area (Å²) in [5, 5.41) is 10.1. The Morgan fingerprint density at radius 1 is 0.870 bits per heavy atom. The van der Waals surface area contributed by atoms with Crippen molar-refractivity contribution >= 4 is 6.29 Å². The molecule has 0 spiro atoms. The van der Waals surface area contributed by atoms with Gasteiger partial charge in [-0.3, -0.25) is 4.79 Å². The molecule has 3 aromatic rings. The average Bonchev–Trinajstić information content (AvgIpc) is 2.62.